The van der Waals surface area contributed by atoms with E-state index in [-0.39, 0.29) is 24.0 Å². The highest BCUT2D eigenvalue weighted by Crippen LogP contribution is 2.24. The fourth-order valence-corrected chi connectivity index (χ4v) is 2.99. The molecule has 124 valence electrons. The minimum atomic E-state index is 0. The van der Waals surface area contributed by atoms with Gasteiger partial charge in [-0.1, -0.05) is 12.1 Å². The molecule has 0 amide bonds. The number of halogens is 1. The van der Waals surface area contributed by atoms with Crippen LogP contribution in [0.5, 0.6) is 0 Å². The molecule has 7 heteroatoms. The number of hydrogen-bond donors (Lipinski definition) is 2. The Hall–Kier alpha value is -2.16. The molecular formula is C17H19IN6. The number of anilines is 1. The third kappa shape index (κ3) is 3.35. The SMILES string of the molecule is I.NC(=NCc1nnc2ccccn12)Nc1ccc2c(c1)CCC2. The number of hydrogen-bond acceptors (Lipinski definition) is 3. The summed E-state index contributed by atoms with van der Waals surface area (Å²) in [6.45, 7) is 0.384. The third-order valence-electron chi connectivity index (χ3n) is 4.15. The Kier molecular flexibility index (Phi) is 4.98. The van der Waals surface area contributed by atoms with E-state index in [9.17, 15) is 0 Å². The van der Waals surface area contributed by atoms with Crippen molar-refractivity contribution in [3.05, 3.63) is 59.5 Å². The monoisotopic (exact) mass is 434 g/mol. The highest BCUT2D eigenvalue weighted by atomic mass is 127. The van der Waals surface area contributed by atoms with Crippen LogP contribution in [0.3, 0.4) is 0 Å². The first-order chi connectivity index (χ1) is 11.3. The second-order valence-electron chi connectivity index (χ2n) is 5.71. The molecule has 0 unspecified atom stereocenters. The number of pyridine rings is 1. The average Bonchev–Trinajstić information content (AvgIpc) is 3.19. The van der Waals surface area contributed by atoms with Crippen molar-refractivity contribution in [3.8, 4) is 0 Å². The first-order valence-corrected chi connectivity index (χ1v) is 7.77. The van der Waals surface area contributed by atoms with Crippen molar-refractivity contribution in [2.24, 2.45) is 10.7 Å². The van der Waals surface area contributed by atoms with Gasteiger partial charge in [-0.3, -0.25) is 4.40 Å². The van der Waals surface area contributed by atoms with Crippen LogP contribution in [0.1, 0.15) is 23.4 Å². The van der Waals surface area contributed by atoms with Gasteiger partial charge in [0.15, 0.2) is 17.4 Å². The highest BCUT2D eigenvalue weighted by molar-refractivity contribution is 14.0. The van der Waals surface area contributed by atoms with Crippen LogP contribution in [0.4, 0.5) is 5.69 Å². The molecule has 1 aromatic carbocycles. The normalized spacial score (nSPS) is 13.6. The van der Waals surface area contributed by atoms with Crippen molar-refractivity contribution in [2.75, 3.05) is 5.32 Å². The highest BCUT2D eigenvalue weighted by Gasteiger charge is 2.11. The molecule has 0 spiro atoms. The predicted molar refractivity (Wildman–Crippen MR) is 106 cm³/mol. The van der Waals surface area contributed by atoms with Gasteiger partial charge >= 0.3 is 0 Å². The Labute approximate surface area is 157 Å². The third-order valence-corrected chi connectivity index (χ3v) is 4.15. The number of benzene rings is 1. The predicted octanol–water partition coefficient (Wildman–Crippen LogP) is 2.76. The van der Waals surface area contributed by atoms with Crippen molar-refractivity contribution in [1.29, 1.82) is 0 Å². The number of fused-ring (bicyclic) bond motifs is 2. The maximum Gasteiger partial charge on any atom is 0.193 e. The molecule has 1 aliphatic carbocycles. The second-order valence-corrected chi connectivity index (χ2v) is 5.71. The van der Waals surface area contributed by atoms with Crippen LogP contribution in [0.2, 0.25) is 0 Å². The van der Waals surface area contributed by atoms with Crippen molar-refractivity contribution < 1.29 is 0 Å². The van der Waals surface area contributed by atoms with E-state index in [2.05, 4.69) is 38.7 Å². The zero-order chi connectivity index (χ0) is 15.6. The van der Waals surface area contributed by atoms with Gasteiger partial charge < -0.3 is 11.1 Å². The standard InChI is InChI=1S/C17H18N6.HI/c18-17(20-14-8-7-12-4-3-5-13(12)10-14)19-11-16-22-21-15-6-1-2-9-23(15)16;/h1-2,6-10H,3-5,11H2,(H3,18,19,20);1H. The van der Waals surface area contributed by atoms with Crippen LogP contribution < -0.4 is 11.1 Å². The quantitative estimate of drug-likeness (QED) is 0.378. The van der Waals surface area contributed by atoms with Crippen molar-refractivity contribution in [2.45, 2.75) is 25.8 Å². The number of nitrogens with two attached hydrogens (primary N) is 1. The Balaban J connectivity index is 0.00000169. The molecule has 0 fully saturated rings. The van der Waals surface area contributed by atoms with Crippen LogP contribution in [0, 0.1) is 0 Å². The summed E-state index contributed by atoms with van der Waals surface area (Å²) in [4.78, 5) is 4.37. The van der Waals surface area contributed by atoms with Gasteiger partial charge in [0.2, 0.25) is 0 Å². The van der Waals surface area contributed by atoms with Gasteiger partial charge in [0, 0.05) is 11.9 Å². The summed E-state index contributed by atoms with van der Waals surface area (Å²) in [5.74, 6) is 1.15. The molecular weight excluding hydrogens is 415 g/mol. The largest absolute Gasteiger partial charge is 0.370 e. The van der Waals surface area contributed by atoms with Crippen molar-refractivity contribution >= 4 is 41.3 Å². The molecule has 3 N–H and O–H groups in total. The smallest absolute Gasteiger partial charge is 0.193 e. The van der Waals surface area contributed by atoms with Gasteiger partial charge in [0.25, 0.3) is 0 Å². The first-order valence-electron chi connectivity index (χ1n) is 7.77. The van der Waals surface area contributed by atoms with Crippen LogP contribution in [0.25, 0.3) is 5.65 Å². The van der Waals surface area contributed by atoms with Crippen molar-refractivity contribution in [3.63, 3.8) is 0 Å². The van der Waals surface area contributed by atoms with E-state index in [0.29, 0.717) is 12.5 Å². The number of nitrogens with one attached hydrogen (secondary N) is 1. The number of aromatic nitrogens is 3. The van der Waals surface area contributed by atoms with Gasteiger partial charge in [-0.25, -0.2) is 4.99 Å². The fraction of sp³-hybridized carbons (Fsp3) is 0.235. The second kappa shape index (κ2) is 7.16. The lowest BCUT2D eigenvalue weighted by Gasteiger charge is -2.07. The minimum Gasteiger partial charge on any atom is -0.370 e. The lowest BCUT2D eigenvalue weighted by molar-refractivity contribution is 0.881. The van der Waals surface area contributed by atoms with Gasteiger partial charge in [0.05, 0.1) is 0 Å². The molecule has 4 rings (SSSR count). The Morgan fingerprint density at radius 2 is 2.04 bits per heavy atom. The molecule has 2 aromatic heterocycles. The lowest BCUT2D eigenvalue weighted by Crippen LogP contribution is -2.22. The topological polar surface area (TPSA) is 80.6 Å². The summed E-state index contributed by atoms with van der Waals surface area (Å²) in [7, 11) is 0. The summed E-state index contributed by atoms with van der Waals surface area (Å²) in [5, 5.41) is 11.4. The van der Waals surface area contributed by atoms with E-state index in [1.54, 1.807) is 0 Å². The molecule has 0 atom stereocenters. The molecule has 0 bridgehead atoms. The molecule has 24 heavy (non-hydrogen) atoms. The van der Waals surface area contributed by atoms with Crippen LogP contribution in [-0.2, 0) is 19.4 Å². The number of aryl methyl sites for hydroxylation is 2. The number of rotatable bonds is 3. The van der Waals surface area contributed by atoms with Gasteiger partial charge in [-0.05, 0) is 54.7 Å². The first kappa shape index (κ1) is 16.7. The molecule has 6 nitrogen and oxygen atoms in total. The zero-order valence-electron chi connectivity index (χ0n) is 13.1. The van der Waals surface area contributed by atoms with Gasteiger partial charge in [-0.2, -0.15) is 0 Å². The van der Waals surface area contributed by atoms with E-state index < -0.39 is 0 Å². The van der Waals surface area contributed by atoms with E-state index >= 15 is 0 Å². The summed E-state index contributed by atoms with van der Waals surface area (Å²) < 4.78 is 1.91. The van der Waals surface area contributed by atoms with Crippen LogP contribution in [0.15, 0.2) is 47.6 Å². The fourth-order valence-electron chi connectivity index (χ4n) is 2.99. The van der Waals surface area contributed by atoms with Crippen LogP contribution in [-0.4, -0.2) is 20.6 Å². The molecule has 0 saturated carbocycles. The summed E-state index contributed by atoms with van der Waals surface area (Å²) in [6, 6.07) is 12.2. The van der Waals surface area contributed by atoms with E-state index in [0.717, 1.165) is 23.6 Å². The van der Waals surface area contributed by atoms with Gasteiger partial charge in [-0.15, -0.1) is 34.2 Å². The average molecular weight is 434 g/mol. The summed E-state index contributed by atoms with van der Waals surface area (Å²) in [6.07, 6.45) is 5.49. The molecule has 0 radical (unpaired) electrons. The molecule has 0 saturated heterocycles. The van der Waals surface area contributed by atoms with E-state index in [1.807, 2.05) is 28.8 Å². The summed E-state index contributed by atoms with van der Waals surface area (Å²) >= 11 is 0. The molecule has 1 aliphatic rings. The Morgan fingerprint density at radius 3 is 2.96 bits per heavy atom. The molecule has 3 aromatic rings. The van der Waals surface area contributed by atoms with Gasteiger partial charge in [0.1, 0.15) is 6.54 Å². The molecule has 0 aliphatic heterocycles. The summed E-state index contributed by atoms with van der Waals surface area (Å²) in [5.41, 5.74) is 10.6. The van der Waals surface area contributed by atoms with Crippen LogP contribution >= 0.6 is 24.0 Å². The number of aliphatic imine (C=N–C) groups is 1. The Bertz CT molecular complexity index is 886. The van der Waals surface area contributed by atoms with E-state index in [4.69, 9.17) is 5.73 Å². The molecule has 2 heterocycles. The Morgan fingerprint density at radius 1 is 1.17 bits per heavy atom. The maximum absolute atomic E-state index is 5.99. The van der Waals surface area contributed by atoms with Crippen molar-refractivity contribution in [1.82, 2.24) is 14.6 Å². The van der Waals surface area contributed by atoms with E-state index in [1.165, 1.54) is 24.0 Å². The number of guanidine groups is 1. The lowest BCUT2D eigenvalue weighted by atomic mass is 10.1. The zero-order valence-corrected chi connectivity index (χ0v) is 15.5. The minimum absolute atomic E-state index is 0. The number of nitrogens with zero attached hydrogens (tertiary/aromatic N) is 4. The maximum atomic E-state index is 5.99.